The van der Waals surface area contributed by atoms with Crippen molar-refractivity contribution < 1.29 is 0 Å². The monoisotopic (exact) mass is 227 g/mol. The molecule has 14 heavy (non-hydrogen) atoms. The van der Waals surface area contributed by atoms with E-state index in [-0.39, 0.29) is 0 Å². The summed E-state index contributed by atoms with van der Waals surface area (Å²) in [6, 6.07) is 6.06. The number of nitrogens with zero attached hydrogens (tertiary/aromatic N) is 1. The highest BCUT2D eigenvalue weighted by atomic mass is 32.2. The Labute approximate surface area is 96.1 Å². The van der Waals surface area contributed by atoms with Crippen molar-refractivity contribution in [2.75, 3.05) is 5.75 Å². The smallest absolute Gasteiger partial charge is 0.0502 e. The van der Waals surface area contributed by atoms with Crippen molar-refractivity contribution in [2.24, 2.45) is 0 Å². The molecular weight excluding hydrogens is 210 g/mol. The Morgan fingerprint density at radius 1 is 1.50 bits per heavy atom. The lowest BCUT2D eigenvalue weighted by Gasteiger charge is -2.07. The fourth-order valence-corrected chi connectivity index (χ4v) is 2.71. The molecule has 0 fully saturated rings. The van der Waals surface area contributed by atoms with Crippen molar-refractivity contribution in [3.63, 3.8) is 0 Å². The molecule has 0 saturated carbocycles. The molecule has 0 aliphatic carbocycles. The van der Waals surface area contributed by atoms with Gasteiger partial charge in [0.15, 0.2) is 0 Å². The molecule has 1 rings (SSSR count). The first-order valence-corrected chi connectivity index (χ1v) is 6.65. The minimum absolute atomic E-state index is 0.536. The summed E-state index contributed by atoms with van der Waals surface area (Å²) in [5.41, 5.74) is 1.16. The standard InChI is InChI=1S/C11H17NS2/c1-2-5-11(13)9-14-8-10-6-3-4-7-12-10/h3-4,6-7,11,13H,2,5,8-9H2,1H3. The van der Waals surface area contributed by atoms with Gasteiger partial charge >= 0.3 is 0 Å². The van der Waals surface area contributed by atoms with Crippen LogP contribution in [-0.4, -0.2) is 16.0 Å². The van der Waals surface area contributed by atoms with Crippen molar-refractivity contribution in [1.82, 2.24) is 4.98 Å². The van der Waals surface area contributed by atoms with Gasteiger partial charge in [-0.25, -0.2) is 0 Å². The van der Waals surface area contributed by atoms with Crippen LogP contribution in [0.15, 0.2) is 24.4 Å². The molecule has 0 bridgehead atoms. The Hall–Kier alpha value is -0.150. The summed E-state index contributed by atoms with van der Waals surface area (Å²) in [6.07, 6.45) is 4.27. The summed E-state index contributed by atoms with van der Waals surface area (Å²) in [6.45, 7) is 2.20. The number of hydrogen-bond donors (Lipinski definition) is 1. The fourth-order valence-electron chi connectivity index (χ4n) is 1.20. The van der Waals surface area contributed by atoms with E-state index in [0.717, 1.165) is 17.2 Å². The van der Waals surface area contributed by atoms with Crippen LogP contribution in [0.2, 0.25) is 0 Å². The van der Waals surface area contributed by atoms with Gasteiger partial charge in [-0.2, -0.15) is 24.4 Å². The second-order valence-electron chi connectivity index (χ2n) is 3.28. The molecule has 0 N–H and O–H groups in total. The zero-order valence-electron chi connectivity index (χ0n) is 8.52. The van der Waals surface area contributed by atoms with Gasteiger partial charge < -0.3 is 0 Å². The minimum atomic E-state index is 0.536. The summed E-state index contributed by atoms with van der Waals surface area (Å²) in [7, 11) is 0. The maximum Gasteiger partial charge on any atom is 0.0502 e. The molecule has 0 aliphatic heterocycles. The van der Waals surface area contributed by atoms with E-state index in [1.54, 1.807) is 0 Å². The predicted molar refractivity (Wildman–Crippen MR) is 68.1 cm³/mol. The molecule has 1 aromatic heterocycles. The molecule has 0 amide bonds. The van der Waals surface area contributed by atoms with E-state index in [9.17, 15) is 0 Å². The topological polar surface area (TPSA) is 12.9 Å². The number of rotatable bonds is 6. The van der Waals surface area contributed by atoms with E-state index in [2.05, 4.69) is 30.6 Å². The Balaban J connectivity index is 2.16. The van der Waals surface area contributed by atoms with Crippen LogP contribution in [0.1, 0.15) is 25.5 Å². The Kier molecular flexibility index (Phi) is 6.12. The SMILES string of the molecule is CCCC(S)CSCc1ccccn1. The van der Waals surface area contributed by atoms with Crippen molar-refractivity contribution in [3.8, 4) is 0 Å². The molecule has 3 heteroatoms. The molecule has 0 aromatic carbocycles. The van der Waals surface area contributed by atoms with Crippen LogP contribution >= 0.6 is 24.4 Å². The summed E-state index contributed by atoms with van der Waals surface area (Å²) in [5, 5.41) is 0.536. The predicted octanol–water partition coefficient (Wildman–Crippen LogP) is 3.41. The summed E-state index contributed by atoms with van der Waals surface area (Å²) < 4.78 is 0. The number of thiol groups is 1. The first-order chi connectivity index (χ1) is 6.83. The van der Waals surface area contributed by atoms with Gasteiger partial charge in [0.05, 0.1) is 5.69 Å². The molecule has 1 unspecified atom stereocenters. The first-order valence-electron chi connectivity index (χ1n) is 4.98. The average molecular weight is 227 g/mol. The zero-order chi connectivity index (χ0) is 10.2. The molecule has 0 aliphatic rings. The fraction of sp³-hybridized carbons (Fsp3) is 0.545. The highest BCUT2D eigenvalue weighted by Gasteiger charge is 2.01. The molecule has 0 spiro atoms. The summed E-state index contributed by atoms with van der Waals surface area (Å²) >= 11 is 6.43. The van der Waals surface area contributed by atoms with Gasteiger partial charge in [0.1, 0.15) is 0 Å². The highest BCUT2D eigenvalue weighted by Crippen LogP contribution is 2.16. The molecule has 1 atom stereocenters. The van der Waals surface area contributed by atoms with Crippen LogP contribution in [-0.2, 0) is 5.75 Å². The lowest BCUT2D eigenvalue weighted by Crippen LogP contribution is -2.01. The Morgan fingerprint density at radius 2 is 2.36 bits per heavy atom. The first kappa shape index (κ1) is 11.9. The molecule has 0 saturated heterocycles. The third-order valence-corrected chi connectivity index (χ3v) is 3.73. The third-order valence-electron chi connectivity index (χ3n) is 1.91. The van der Waals surface area contributed by atoms with Gasteiger partial charge in [-0.3, -0.25) is 4.98 Å². The maximum absolute atomic E-state index is 4.52. The Morgan fingerprint density at radius 3 is 3.00 bits per heavy atom. The van der Waals surface area contributed by atoms with Crippen LogP contribution in [0.25, 0.3) is 0 Å². The lowest BCUT2D eigenvalue weighted by molar-refractivity contribution is 0.797. The number of thioether (sulfide) groups is 1. The molecule has 78 valence electrons. The maximum atomic E-state index is 4.52. The van der Waals surface area contributed by atoms with Crippen molar-refractivity contribution in [1.29, 1.82) is 0 Å². The average Bonchev–Trinajstić information content (AvgIpc) is 2.20. The molecular formula is C11H17NS2. The summed E-state index contributed by atoms with van der Waals surface area (Å²) in [4.78, 5) is 4.28. The quantitative estimate of drug-likeness (QED) is 0.748. The summed E-state index contributed by atoms with van der Waals surface area (Å²) in [5.74, 6) is 2.12. The van der Waals surface area contributed by atoms with Crippen LogP contribution < -0.4 is 0 Å². The van der Waals surface area contributed by atoms with Gasteiger partial charge in [0.25, 0.3) is 0 Å². The van der Waals surface area contributed by atoms with Crippen molar-refractivity contribution >= 4 is 24.4 Å². The van der Waals surface area contributed by atoms with E-state index >= 15 is 0 Å². The zero-order valence-corrected chi connectivity index (χ0v) is 10.2. The minimum Gasteiger partial charge on any atom is -0.260 e. The normalized spacial score (nSPS) is 12.7. The second-order valence-corrected chi connectivity index (χ2v) is 5.04. The lowest BCUT2D eigenvalue weighted by atomic mass is 10.3. The van der Waals surface area contributed by atoms with Crippen LogP contribution in [0.3, 0.4) is 0 Å². The van der Waals surface area contributed by atoms with Gasteiger partial charge in [-0.1, -0.05) is 19.4 Å². The largest absolute Gasteiger partial charge is 0.260 e. The second kappa shape index (κ2) is 7.18. The van der Waals surface area contributed by atoms with Crippen LogP contribution in [0.4, 0.5) is 0 Å². The van der Waals surface area contributed by atoms with Crippen LogP contribution in [0.5, 0.6) is 0 Å². The number of aromatic nitrogens is 1. The van der Waals surface area contributed by atoms with E-state index < -0.39 is 0 Å². The van der Waals surface area contributed by atoms with E-state index in [1.807, 2.05) is 30.1 Å². The highest BCUT2D eigenvalue weighted by molar-refractivity contribution is 7.99. The number of hydrogen-bond acceptors (Lipinski definition) is 3. The van der Waals surface area contributed by atoms with Crippen molar-refractivity contribution in [2.45, 2.75) is 30.8 Å². The Bertz CT molecular complexity index is 238. The van der Waals surface area contributed by atoms with Gasteiger partial charge in [0.2, 0.25) is 0 Å². The van der Waals surface area contributed by atoms with E-state index in [1.165, 1.54) is 12.8 Å². The van der Waals surface area contributed by atoms with Gasteiger partial charge in [0, 0.05) is 23.0 Å². The molecule has 0 radical (unpaired) electrons. The molecule has 1 heterocycles. The van der Waals surface area contributed by atoms with Crippen molar-refractivity contribution in [3.05, 3.63) is 30.1 Å². The molecule has 1 aromatic rings. The van der Waals surface area contributed by atoms with Crippen LogP contribution in [0, 0.1) is 0 Å². The van der Waals surface area contributed by atoms with E-state index in [4.69, 9.17) is 0 Å². The molecule has 1 nitrogen and oxygen atoms in total. The van der Waals surface area contributed by atoms with Gasteiger partial charge in [-0.05, 0) is 18.6 Å². The van der Waals surface area contributed by atoms with E-state index in [0.29, 0.717) is 5.25 Å². The number of pyridine rings is 1. The van der Waals surface area contributed by atoms with Gasteiger partial charge in [-0.15, -0.1) is 0 Å². The third kappa shape index (κ3) is 4.91.